The minimum absolute atomic E-state index is 0.0342. The van der Waals surface area contributed by atoms with E-state index in [1.54, 1.807) is 52.1 Å². The zero-order valence-electron chi connectivity index (χ0n) is 11.8. The van der Waals surface area contributed by atoms with Crippen molar-refractivity contribution in [3.05, 3.63) is 24.3 Å². The maximum Gasteiger partial charge on any atom is 0.244 e. The van der Waals surface area contributed by atoms with Crippen LogP contribution in [-0.4, -0.2) is 24.4 Å². The van der Waals surface area contributed by atoms with Crippen LogP contribution in [0.15, 0.2) is 24.3 Å². The first-order chi connectivity index (χ1) is 8.89. The first-order valence-corrected chi connectivity index (χ1v) is 6.29. The lowest BCUT2D eigenvalue weighted by Crippen LogP contribution is -2.47. The van der Waals surface area contributed by atoms with Crippen molar-refractivity contribution < 1.29 is 9.59 Å². The number of anilines is 2. The molecule has 0 aliphatic carbocycles. The van der Waals surface area contributed by atoms with Crippen molar-refractivity contribution in [2.75, 3.05) is 17.7 Å². The van der Waals surface area contributed by atoms with Gasteiger partial charge in [0.15, 0.2) is 0 Å². The normalized spacial score (nSPS) is 10.9. The molecular formula is C14H21N3O2. The van der Waals surface area contributed by atoms with E-state index in [1.165, 1.54) is 0 Å². The fourth-order valence-corrected chi connectivity index (χ4v) is 1.29. The number of likely N-dealkylation sites (N-methyl/N-ethyl adjacent to an activating group) is 1. The van der Waals surface area contributed by atoms with Crippen LogP contribution in [0.2, 0.25) is 0 Å². The molecule has 0 aromatic heterocycles. The Morgan fingerprint density at radius 1 is 1.05 bits per heavy atom. The molecule has 0 radical (unpaired) electrons. The van der Waals surface area contributed by atoms with Crippen LogP contribution >= 0.6 is 0 Å². The van der Waals surface area contributed by atoms with Gasteiger partial charge in [-0.1, -0.05) is 6.92 Å². The molecule has 0 aliphatic heterocycles. The van der Waals surface area contributed by atoms with Crippen molar-refractivity contribution in [1.82, 2.24) is 5.32 Å². The summed E-state index contributed by atoms with van der Waals surface area (Å²) in [5.74, 6) is -0.145. The Morgan fingerprint density at radius 3 is 1.95 bits per heavy atom. The van der Waals surface area contributed by atoms with Crippen molar-refractivity contribution in [2.45, 2.75) is 32.7 Å². The van der Waals surface area contributed by atoms with Gasteiger partial charge in [0.1, 0.15) is 0 Å². The molecule has 5 heteroatoms. The van der Waals surface area contributed by atoms with Crippen LogP contribution in [0.4, 0.5) is 11.4 Å². The average Bonchev–Trinajstić information content (AvgIpc) is 2.40. The molecule has 3 N–H and O–H groups in total. The number of nitrogens with one attached hydrogen (secondary N) is 3. The van der Waals surface area contributed by atoms with E-state index in [4.69, 9.17) is 0 Å². The molecule has 5 nitrogen and oxygen atoms in total. The predicted molar refractivity (Wildman–Crippen MR) is 77.1 cm³/mol. The molecule has 1 aromatic rings. The summed E-state index contributed by atoms with van der Waals surface area (Å²) >= 11 is 0. The van der Waals surface area contributed by atoms with Crippen LogP contribution in [-0.2, 0) is 9.59 Å². The fraction of sp³-hybridized carbons (Fsp3) is 0.429. The third-order valence-electron chi connectivity index (χ3n) is 2.94. The largest absolute Gasteiger partial charge is 0.326 e. The van der Waals surface area contributed by atoms with E-state index < -0.39 is 5.54 Å². The molecule has 2 amide bonds. The quantitative estimate of drug-likeness (QED) is 0.760. The van der Waals surface area contributed by atoms with E-state index in [9.17, 15) is 9.59 Å². The Morgan fingerprint density at radius 2 is 1.53 bits per heavy atom. The fourth-order valence-electron chi connectivity index (χ4n) is 1.29. The average molecular weight is 263 g/mol. The molecule has 0 atom stereocenters. The number of carbonyl (C=O) groups excluding carboxylic acids is 2. The van der Waals surface area contributed by atoms with Crippen molar-refractivity contribution in [2.24, 2.45) is 0 Å². The Balaban J connectivity index is 2.67. The highest BCUT2D eigenvalue weighted by Crippen LogP contribution is 2.15. The summed E-state index contributed by atoms with van der Waals surface area (Å²) in [5, 5.41) is 8.50. The molecule has 0 bridgehead atoms. The van der Waals surface area contributed by atoms with E-state index in [0.29, 0.717) is 12.1 Å². The predicted octanol–water partition coefficient (Wildman–Crippen LogP) is 1.97. The topological polar surface area (TPSA) is 70.2 Å². The molecule has 0 saturated heterocycles. The monoisotopic (exact) mass is 263 g/mol. The molecule has 0 unspecified atom stereocenters. The maximum atomic E-state index is 11.9. The van der Waals surface area contributed by atoms with E-state index >= 15 is 0 Å². The highest BCUT2D eigenvalue weighted by molar-refractivity contribution is 5.97. The Labute approximate surface area is 113 Å². The SMILES string of the molecule is CCC(=O)Nc1ccc(NC(=O)C(C)(C)NC)cc1. The molecule has 19 heavy (non-hydrogen) atoms. The lowest BCUT2D eigenvalue weighted by molar-refractivity contribution is -0.121. The first-order valence-electron chi connectivity index (χ1n) is 6.29. The van der Waals surface area contributed by atoms with E-state index in [0.717, 1.165) is 5.69 Å². The second kappa shape index (κ2) is 6.33. The van der Waals surface area contributed by atoms with Gasteiger partial charge in [0.05, 0.1) is 5.54 Å². The molecule has 1 rings (SSSR count). The standard InChI is InChI=1S/C14H21N3O2/c1-5-12(18)16-10-6-8-11(9-7-10)17-13(19)14(2,3)15-4/h6-9,15H,5H2,1-4H3,(H,16,18)(H,17,19). The number of hydrogen-bond acceptors (Lipinski definition) is 3. The third-order valence-corrected chi connectivity index (χ3v) is 2.94. The number of carbonyl (C=O) groups is 2. The molecule has 0 fully saturated rings. The zero-order chi connectivity index (χ0) is 14.5. The summed E-state index contributed by atoms with van der Waals surface area (Å²) in [6, 6.07) is 7.04. The Bertz CT molecular complexity index is 452. The molecule has 0 aliphatic rings. The van der Waals surface area contributed by atoms with Gasteiger partial charge in [-0.15, -0.1) is 0 Å². The minimum Gasteiger partial charge on any atom is -0.326 e. The highest BCUT2D eigenvalue weighted by atomic mass is 16.2. The summed E-state index contributed by atoms with van der Waals surface area (Å²) in [5.41, 5.74) is 0.787. The van der Waals surface area contributed by atoms with E-state index in [2.05, 4.69) is 16.0 Å². The third kappa shape index (κ3) is 4.37. The number of rotatable bonds is 5. The van der Waals surface area contributed by atoms with Gasteiger partial charge in [0.25, 0.3) is 0 Å². The van der Waals surface area contributed by atoms with Crippen molar-refractivity contribution in [1.29, 1.82) is 0 Å². The second-order valence-electron chi connectivity index (χ2n) is 4.81. The van der Waals surface area contributed by atoms with Gasteiger partial charge in [-0.05, 0) is 45.2 Å². The number of amides is 2. The van der Waals surface area contributed by atoms with E-state index in [1.807, 2.05) is 0 Å². The van der Waals surface area contributed by atoms with Crippen LogP contribution in [0.5, 0.6) is 0 Å². The van der Waals surface area contributed by atoms with Gasteiger partial charge >= 0.3 is 0 Å². The molecular weight excluding hydrogens is 242 g/mol. The van der Waals surface area contributed by atoms with Crippen LogP contribution in [0.25, 0.3) is 0 Å². The smallest absolute Gasteiger partial charge is 0.244 e. The minimum atomic E-state index is -0.630. The highest BCUT2D eigenvalue weighted by Gasteiger charge is 2.24. The van der Waals surface area contributed by atoms with Gasteiger partial charge in [-0.3, -0.25) is 9.59 Å². The van der Waals surface area contributed by atoms with E-state index in [-0.39, 0.29) is 11.8 Å². The lowest BCUT2D eigenvalue weighted by Gasteiger charge is -2.22. The maximum absolute atomic E-state index is 11.9. The molecule has 0 heterocycles. The molecule has 0 saturated carbocycles. The summed E-state index contributed by atoms with van der Waals surface area (Å²) in [6.45, 7) is 5.40. The van der Waals surface area contributed by atoms with Crippen molar-refractivity contribution in [3.8, 4) is 0 Å². The summed E-state index contributed by atoms with van der Waals surface area (Å²) in [6.07, 6.45) is 0.439. The molecule has 104 valence electrons. The van der Waals surface area contributed by atoms with Crippen LogP contribution < -0.4 is 16.0 Å². The van der Waals surface area contributed by atoms with Crippen LogP contribution in [0.3, 0.4) is 0 Å². The lowest BCUT2D eigenvalue weighted by atomic mass is 10.1. The Hall–Kier alpha value is -1.88. The van der Waals surface area contributed by atoms with Crippen molar-refractivity contribution >= 4 is 23.2 Å². The summed E-state index contributed by atoms with van der Waals surface area (Å²) in [7, 11) is 1.74. The number of benzene rings is 1. The zero-order valence-corrected chi connectivity index (χ0v) is 11.8. The van der Waals surface area contributed by atoms with Gasteiger partial charge in [0.2, 0.25) is 11.8 Å². The van der Waals surface area contributed by atoms with Gasteiger partial charge < -0.3 is 16.0 Å². The van der Waals surface area contributed by atoms with Crippen molar-refractivity contribution in [3.63, 3.8) is 0 Å². The molecule has 0 spiro atoms. The van der Waals surface area contributed by atoms with Crippen LogP contribution in [0.1, 0.15) is 27.2 Å². The number of hydrogen-bond donors (Lipinski definition) is 3. The summed E-state index contributed by atoms with van der Waals surface area (Å²) in [4.78, 5) is 23.2. The summed E-state index contributed by atoms with van der Waals surface area (Å²) < 4.78 is 0. The van der Waals surface area contributed by atoms with Gasteiger partial charge in [-0.25, -0.2) is 0 Å². The molecule has 1 aromatic carbocycles. The van der Waals surface area contributed by atoms with Gasteiger partial charge in [-0.2, -0.15) is 0 Å². The van der Waals surface area contributed by atoms with Gasteiger partial charge in [0, 0.05) is 17.8 Å². The van der Waals surface area contributed by atoms with Crippen LogP contribution in [0, 0.1) is 0 Å². The Kier molecular flexibility index (Phi) is 5.06. The first kappa shape index (κ1) is 15.2. The second-order valence-corrected chi connectivity index (χ2v) is 4.81.